The highest BCUT2D eigenvalue weighted by Gasteiger charge is 2.34. The average molecular weight is 337 g/mol. The van der Waals surface area contributed by atoms with Gasteiger partial charge in [-0.2, -0.15) is 17.4 Å². The number of hydrogen-bond acceptors (Lipinski definition) is 3. The maximum atomic E-state index is 12.3. The van der Waals surface area contributed by atoms with Crippen molar-refractivity contribution in [3.8, 4) is 0 Å². The summed E-state index contributed by atoms with van der Waals surface area (Å²) in [4.78, 5) is 13.8. The number of carbonyl (C=O) groups excluding carboxylic acids is 1. The van der Waals surface area contributed by atoms with Crippen molar-refractivity contribution in [2.24, 2.45) is 0 Å². The third-order valence-electron chi connectivity index (χ3n) is 4.45. The zero-order valence-electron chi connectivity index (χ0n) is 13.1. The first-order chi connectivity index (χ1) is 11.0. The molecule has 1 aromatic carbocycles. The standard InChI is InChI=1S/C16H23N3O3S/c20-16-12-15(17-23(21,22)19-9-4-5-10-19)13-18(16)11-8-14-6-2-1-3-7-14/h1-3,6-7,15,17H,4-5,8-13H2. The minimum Gasteiger partial charge on any atom is -0.341 e. The van der Waals surface area contributed by atoms with Gasteiger partial charge in [-0.25, -0.2) is 0 Å². The summed E-state index contributed by atoms with van der Waals surface area (Å²) in [6, 6.07) is 9.68. The van der Waals surface area contributed by atoms with E-state index < -0.39 is 10.2 Å². The van der Waals surface area contributed by atoms with E-state index in [0.29, 0.717) is 26.2 Å². The quantitative estimate of drug-likeness (QED) is 0.833. The lowest BCUT2D eigenvalue weighted by molar-refractivity contribution is -0.127. The molecule has 126 valence electrons. The number of rotatable bonds is 6. The van der Waals surface area contributed by atoms with Crippen LogP contribution in [0.4, 0.5) is 0 Å². The van der Waals surface area contributed by atoms with Gasteiger partial charge in [0.25, 0.3) is 10.2 Å². The second kappa shape index (κ2) is 6.98. The van der Waals surface area contributed by atoms with E-state index in [4.69, 9.17) is 0 Å². The van der Waals surface area contributed by atoms with Gasteiger partial charge in [0.2, 0.25) is 5.91 Å². The molecule has 0 radical (unpaired) electrons. The van der Waals surface area contributed by atoms with Crippen molar-refractivity contribution in [2.75, 3.05) is 26.2 Å². The molecule has 2 fully saturated rings. The number of nitrogens with zero attached hydrogens (tertiary/aromatic N) is 2. The molecule has 6 nitrogen and oxygen atoms in total. The van der Waals surface area contributed by atoms with Crippen LogP contribution in [-0.4, -0.2) is 55.8 Å². The molecular weight excluding hydrogens is 314 g/mol. The second-order valence-corrected chi connectivity index (χ2v) is 7.91. The Morgan fingerprint density at radius 3 is 2.52 bits per heavy atom. The Hall–Kier alpha value is -1.44. The Morgan fingerprint density at radius 1 is 1.13 bits per heavy atom. The van der Waals surface area contributed by atoms with Crippen LogP contribution in [0.1, 0.15) is 24.8 Å². The van der Waals surface area contributed by atoms with Crippen LogP contribution in [0.15, 0.2) is 30.3 Å². The summed E-state index contributed by atoms with van der Waals surface area (Å²) in [5.41, 5.74) is 1.18. The van der Waals surface area contributed by atoms with Crippen LogP contribution in [0.2, 0.25) is 0 Å². The molecule has 7 heteroatoms. The van der Waals surface area contributed by atoms with Crippen LogP contribution < -0.4 is 4.72 Å². The third kappa shape index (κ3) is 4.10. The number of benzene rings is 1. The molecule has 0 spiro atoms. The van der Waals surface area contributed by atoms with Gasteiger partial charge in [-0.3, -0.25) is 4.79 Å². The largest absolute Gasteiger partial charge is 0.341 e. The predicted molar refractivity (Wildman–Crippen MR) is 88.0 cm³/mol. The van der Waals surface area contributed by atoms with Crippen LogP contribution in [0.5, 0.6) is 0 Å². The monoisotopic (exact) mass is 337 g/mol. The van der Waals surface area contributed by atoms with E-state index >= 15 is 0 Å². The lowest BCUT2D eigenvalue weighted by Gasteiger charge is -2.20. The van der Waals surface area contributed by atoms with Gasteiger partial charge in [-0.1, -0.05) is 30.3 Å². The zero-order valence-corrected chi connectivity index (χ0v) is 14.0. The molecule has 0 aromatic heterocycles. The van der Waals surface area contributed by atoms with Crippen LogP contribution in [0.25, 0.3) is 0 Å². The second-order valence-electron chi connectivity index (χ2n) is 6.21. The number of nitrogens with one attached hydrogen (secondary N) is 1. The van der Waals surface area contributed by atoms with Crippen molar-refractivity contribution in [3.63, 3.8) is 0 Å². The minimum absolute atomic E-state index is 0.0232. The van der Waals surface area contributed by atoms with E-state index in [2.05, 4.69) is 4.72 Å². The van der Waals surface area contributed by atoms with Crippen molar-refractivity contribution in [2.45, 2.75) is 31.7 Å². The first kappa shape index (κ1) is 16.4. The first-order valence-corrected chi connectivity index (χ1v) is 9.58. The highest BCUT2D eigenvalue weighted by Crippen LogP contribution is 2.16. The van der Waals surface area contributed by atoms with E-state index in [9.17, 15) is 13.2 Å². The fraction of sp³-hybridized carbons (Fsp3) is 0.562. The fourth-order valence-corrected chi connectivity index (χ4v) is 4.66. The topological polar surface area (TPSA) is 69.7 Å². The van der Waals surface area contributed by atoms with Crippen molar-refractivity contribution in [1.29, 1.82) is 0 Å². The molecule has 1 aromatic rings. The maximum absolute atomic E-state index is 12.3. The van der Waals surface area contributed by atoms with Crippen molar-refractivity contribution >= 4 is 16.1 Å². The lowest BCUT2D eigenvalue weighted by atomic mass is 10.1. The Bertz CT molecular complexity index is 642. The number of amides is 1. The van der Waals surface area contributed by atoms with Crippen LogP contribution >= 0.6 is 0 Å². The van der Waals surface area contributed by atoms with Crippen molar-refractivity contribution < 1.29 is 13.2 Å². The summed E-state index contributed by atoms with van der Waals surface area (Å²) >= 11 is 0. The van der Waals surface area contributed by atoms with E-state index in [-0.39, 0.29) is 18.4 Å². The van der Waals surface area contributed by atoms with Gasteiger partial charge < -0.3 is 4.90 Å². The molecule has 1 unspecified atom stereocenters. The van der Waals surface area contributed by atoms with Gasteiger partial charge in [0.1, 0.15) is 0 Å². The molecule has 0 bridgehead atoms. The number of hydrogen-bond donors (Lipinski definition) is 1. The minimum atomic E-state index is -3.45. The van der Waals surface area contributed by atoms with Gasteiger partial charge in [-0.05, 0) is 24.8 Å². The smallest absolute Gasteiger partial charge is 0.279 e. The lowest BCUT2D eigenvalue weighted by Crippen LogP contribution is -2.45. The molecule has 1 amide bonds. The normalized spacial score (nSPS) is 22.9. The van der Waals surface area contributed by atoms with Crippen LogP contribution in [0.3, 0.4) is 0 Å². The summed E-state index contributed by atoms with van der Waals surface area (Å²) in [5.74, 6) is 0.0232. The van der Waals surface area contributed by atoms with Gasteiger partial charge in [0.05, 0.1) is 0 Å². The number of carbonyl (C=O) groups is 1. The zero-order chi connectivity index (χ0) is 16.3. The Labute approximate surface area is 137 Å². The summed E-state index contributed by atoms with van der Waals surface area (Å²) in [6.07, 6.45) is 2.86. The van der Waals surface area contributed by atoms with Gasteiger partial charge in [0.15, 0.2) is 0 Å². The Morgan fingerprint density at radius 2 is 1.83 bits per heavy atom. The fourth-order valence-electron chi connectivity index (χ4n) is 3.19. The summed E-state index contributed by atoms with van der Waals surface area (Å²) in [6.45, 7) is 2.24. The van der Waals surface area contributed by atoms with Crippen LogP contribution in [-0.2, 0) is 21.4 Å². The Kier molecular flexibility index (Phi) is 4.99. The van der Waals surface area contributed by atoms with Gasteiger partial charge >= 0.3 is 0 Å². The molecule has 1 N–H and O–H groups in total. The summed E-state index contributed by atoms with van der Waals surface area (Å²) < 4.78 is 28.7. The van der Waals surface area contributed by atoms with Crippen LogP contribution in [0, 0.1) is 0 Å². The predicted octanol–water partition coefficient (Wildman–Crippen LogP) is 0.760. The molecule has 2 saturated heterocycles. The SMILES string of the molecule is O=C1CC(NS(=O)(=O)N2CCCC2)CN1CCc1ccccc1. The molecule has 3 rings (SSSR count). The molecule has 23 heavy (non-hydrogen) atoms. The molecule has 2 aliphatic heterocycles. The maximum Gasteiger partial charge on any atom is 0.279 e. The molecule has 2 aliphatic rings. The number of likely N-dealkylation sites (tertiary alicyclic amines) is 1. The molecule has 2 heterocycles. The van der Waals surface area contributed by atoms with Crippen molar-refractivity contribution in [1.82, 2.24) is 13.9 Å². The first-order valence-electron chi connectivity index (χ1n) is 8.14. The van der Waals surface area contributed by atoms with Gasteiger partial charge in [-0.15, -0.1) is 0 Å². The molecule has 0 aliphatic carbocycles. The highest BCUT2D eigenvalue weighted by molar-refractivity contribution is 7.87. The van der Waals surface area contributed by atoms with E-state index in [1.165, 1.54) is 9.87 Å². The Balaban J connectivity index is 1.53. The highest BCUT2D eigenvalue weighted by atomic mass is 32.2. The summed E-state index contributed by atoms with van der Waals surface area (Å²) in [5, 5.41) is 0. The van der Waals surface area contributed by atoms with E-state index in [1.807, 2.05) is 30.3 Å². The van der Waals surface area contributed by atoms with E-state index in [1.54, 1.807) is 4.90 Å². The molecule has 1 atom stereocenters. The van der Waals surface area contributed by atoms with Gasteiger partial charge in [0, 0.05) is 38.6 Å². The summed E-state index contributed by atoms with van der Waals surface area (Å²) in [7, 11) is -3.45. The molecular formula is C16H23N3O3S. The van der Waals surface area contributed by atoms with E-state index in [0.717, 1.165) is 19.3 Å². The average Bonchev–Trinajstić information content (AvgIpc) is 3.16. The third-order valence-corrected chi connectivity index (χ3v) is 6.12. The molecule has 0 saturated carbocycles. The van der Waals surface area contributed by atoms with Crippen molar-refractivity contribution in [3.05, 3.63) is 35.9 Å².